The Bertz CT molecular complexity index is 386. The molecule has 3 nitrogen and oxygen atoms in total. The molecule has 1 aromatic carbocycles. The molecule has 1 aromatic rings. The van der Waals surface area contributed by atoms with E-state index < -0.39 is 0 Å². The maximum absolute atomic E-state index is 11.6. The summed E-state index contributed by atoms with van der Waals surface area (Å²) < 4.78 is 5.73. The highest BCUT2D eigenvalue weighted by molar-refractivity contribution is 5.76. The van der Waals surface area contributed by atoms with E-state index in [4.69, 9.17) is 4.74 Å². The van der Waals surface area contributed by atoms with E-state index in [1.165, 1.54) is 0 Å². The van der Waals surface area contributed by atoms with Crippen molar-refractivity contribution in [1.29, 1.82) is 0 Å². The fourth-order valence-corrected chi connectivity index (χ4v) is 1.72. The molecule has 0 fully saturated rings. The van der Waals surface area contributed by atoms with Gasteiger partial charge < -0.3 is 10.1 Å². The van der Waals surface area contributed by atoms with Crippen molar-refractivity contribution in [3.8, 4) is 5.75 Å². The Morgan fingerprint density at radius 3 is 2.50 bits per heavy atom. The third-order valence-electron chi connectivity index (χ3n) is 2.41. The van der Waals surface area contributed by atoms with Crippen molar-refractivity contribution < 1.29 is 9.53 Å². The molecule has 1 amide bonds. The van der Waals surface area contributed by atoms with Crippen molar-refractivity contribution >= 4 is 5.91 Å². The van der Waals surface area contributed by atoms with Crippen LogP contribution in [-0.4, -0.2) is 18.1 Å². The zero-order valence-corrected chi connectivity index (χ0v) is 11.7. The number of ether oxygens (including phenoxy) is 1. The van der Waals surface area contributed by atoms with Gasteiger partial charge in [-0.3, -0.25) is 4.79 Å². The van der Waals surface area contributed by atoms with Crippen LogP contribution < -0.4 is 10.1 Å². The Kier molecular flexibility index (Phi) is 5.69. The molecule has 0 saturated heterocycles. The lowest BCUT2D eigenvalue weighted by atomic mass is 10.1. The van der Waals surface area contributed by atoms with Gasteiger partial charge in [0.15, 0.2) is 0 Å². The minimum absolute atomic E-state index is 0.0874. The van der Waals surface area contributed by atoms with Crippen LogP contribution in [0, 0.1) is 0 Å². The smallest absolute Gasteiger partial charge is 0.220 e. The number of carbonyl (C=O) groups is 1. The molecule has 0 bridgehead atoms. The van der Waals surface area contributed by atoms with Gasteiger partial charge in [0, 0.05) is 12.5 Å². The molecular formula is C15H23NO2. The highest BCUT2D eigenvalue weighted by Crippen LogP contribution is 2.20. The Morgan fingerprint density at radius 2 is 1.89 bits per heavy atom. The van der Waals surface area contributed by atoms with Crippen LogP contribution in [0.4, 0.5) is 0 Å². The normalized spacial score (nSPS) is 10.8. The molecular weight excluding hydrogens is 226 g/mol. The number of amides is 1. The van der Waals surface area contributed by atoms with Gasteiger partial charge in [-0.05, 0) is 45.7 Å². The van der Waals surface area contributed by atoms with Crippen LogP contribution in [0.5, 0.6) is 5.75 Å². The summed E-state index contributed by atoms with van der Waals surface area (Å²) in [4.78, 5) is 11.6. The lowest BCUT2D eigenvalue weighted by molar-refractivity contribution is -0.121. The molecule has 18 heavy (non-hydrogen) atoms. The molecule has 0 aliphatic carbocycles. The highest BCUT2D eigenvalue weighted by Gasteiger charge is 2.08. The minimum Gasteiger partial charge on any atom is -0.491 e. The summed E-state index contributed by atoms with van der Waals surface area (Å²) >= 11 is 0. The van der Waals surface area contributed by atoms with Crippen LogP contribution in [0.25, 0.3) is 0 Å². The number of hydrogen-bond donors (Lipinski definition) is 1. The molecule has 0 radical (unpaired) electrons. The second-order valence-electron chi connectivity index (χ2n) is 5.00. The highest BCUT2D eigenvalue weighted by atomic mass is 16.5. The zero-order valence-electron chi connectivity index (χ0n) is 11.7. The van der Waals surface area contributed by atoms with Crippen molar-refractivity contribution in [3.05, 3.63) is 29.8 Å². The molecule has 0 atom stereocenters. The summed E-state index contributed by atoms with van der Waals surface area (Å²) in [5.41, 5.74) is 1.09. The SMILES string of the molecule is CC(C)NC(=O)CCc1ccccc1OC(C)C. The van der Waals surface area contributed by atoms with Gasteiger partial charge in [-0.15, -0.1) is 0 Å². The van der Waals surface area contributed by atoms with Crippen LogP contribution in [-0.2, 0) is 11.2 Å². The lowest BCUT2D eigenvalue weighted by Crippen LogP contribution is -2.30. The average molecular weight is 249 g/mol. The van der Waals surface area contributed by atoms with E-state index in [9.17, 15) is 4.79 Å². The van der Waals surface area contributed by atoms with Crippen LogP contribution in [0.2, 0.25) is 0 Å². The largest absolute Gasteiger partial charge is 0.491 e. The van der Waals surface area contributed by atoms with Gasteiger partial charge >= 0.3 is 0 Å². The van der Waals surface area contributed by atoms with Crippen LogP contribution in [0.15, 0.2) is 24.3 Å². The lowest BCUT2D eigenvalue weighted by Gasteiger charge is -2.14. The van der Waals surface area contributed by atoms with E-state index in [0.29, 0.717) is 12.8 Å². The first-order chi connectivity index (χ1) is 8.49. The van der Waals surface area contributed by atoms with E-state index in [-0.39, 0.29) is 18.1 Å². The van der Waals surface area contributed by atoms with Crippen molar-refractivity contribution in [2.45, 2.75) is 52.7 Å². The van der Waals surface area contributed by atoms with Gasteiger partial charge in [-0.1, -0.05) is 18.2 Å². The van der Waals surface area contributed by atoms with E-state index in [0.717, 1.165) is 11.3 Å². The maximum atomic E-state index is 11.6. The van der Waals surface area contributed by atoms with Gasteiger partial charge in [-0.2, -0.15) is 0 Å². The summed E-state index contributed by atoms with van der Waals surface area (Å²) in [6.07, 6.45) is 1.36. The molecule has 1 rings (SSSR count). The van der Waals surface area contributed by atoms with Crippen LogP contribution >= 0.6 is 0 Å². The molecule has 0 heterocycles. The third kappa shape index (κ3) is 5.21. The van der Waals surface area contributed by atoms with Gasteiger partial charge in [-0.25, -0.2) is 0 Å². The summed E-state index contributed by atoms with van der Waals surface area (Å²) in [5, 5.41) is 2.89. The molecule has 1 N–H and O–H groups in total. The van der Waals surface area contributed by atoms with E-state index in [2.05, 4.69) is 5.32 Å². The Hall–Kier alpha value is -1.51. The number of aryl methyl sites for hydroxylation is 1. The molecule has 0 unspecified atom stereocenters. The second-order valence-corrected chi connectivity index (χ2v) is 5.00. The topological polar surface area (TPSA) is 38.3 Å². The number of nitrogens with one attached hydrogen (secondary N) is 1. The predicted octanol–water partition coefficient (Wildman–Crippen LogP) is 2.93. The molecule has 0 aromatic heterocycles. The maximum Gasteiger partial charge on any atom is 0.220 e. The first-order valence-electron chi connectivity index (χ1n) is 6.53. The third-order valence-corrected chi connectivity index (χ3v) is 2.41. The van der Waals surface area contributed by atoms with E-state index >= 15 is 0 Å². The zero-order chi connectivity index (χ0) is 13.5. The van der Waals surface area contributed by atoms with Crippen LogP contribution in [0.1, 0.15) is 39.7 Å². The van der Waals surface area contributed by atoms with Gasteiger partial charge in [0.1, 0.15) is 5.75 Å². The number of hydrogen-bond acceptors (Lipinski definition) is 2. The van der Waals surface area contributed by atoms with Crippen molar-refractivity contribution in [3.63, 3.8) is 0 Å². The van der Waals surface area contributed by atoms with Crippen LogP contribution in [0.3, 0.4) is 0 Å². The fourth-order valence-electron chi connectivity index (χ4n) is 1.72. The summed E-state index contributed by atoms with van der Waals surface area (Å²) in [6, 6.07) is 8.09. The first-order valence-corrected chi connectivity index (χ1v) is 6.53. The molecule has 0 aliphatic heterocycles. The fraction of sp³-hybridized carbons (Fsp3) is 0.533. The van der Waals surface area contributed by atoms with Crippen molar-refractivity contribution in [1.82, 2.24) is 5.32 Å². The Labute approximate surface area is 110 Å². The Balaban J connectivity index is 2.58. The number of rotatable bonds is 6. The van der Waals surface area contributed by atoms with Gasteiger partial charge in [0.25, 0.3) is 0 Å². The number of carbonyl (C=O) groups excluding carboxylic acids is 1. The predicted molar refractivity (Wildman–Crippen MR) is 73.8 cm³/mol. The van der Waals surface area contributed by atoms with Crippen molar-refractivity contribution in [2.24, 2.45) is 0 Å². The second kappa shape index (κ2) is 7.04. The number of para-hydroxylation sites is 1. The van der Waals surface area contributed by atoms with Gasteiger partial charge in [0.2, 0.25) is 5.91 Å². The summed E-state index contributed by atoms with van der Waals surface area (Å²) in [5.74, 6) is 0.967. The molecule has 100 valence electrons. The minimum atomic E-state index is 0.0874. The standard InChI is InChI=1S/C15H23NO2/c1-11(2)16-15(17)10-9-13-7-5-6-8-14(13)18-12(3)4/h5-8,11-12H,9-10H2,1-4H3,(H,16,17). The average Bonchev–Trinajstić information content (AvgIpc) is 2.26. The molecule has 3 heteroatoms. The van der Waals surface area contributed by atoms with Crippen molar-refractivity contribution in [2.75, 3.05) is 0 Å². The molecule has 0 aliphatic rings. The first kappa shape index (κ1) is 14.6. The summed E-state index contributed by atoms with van der Waals surface area (Å²) in [7, 11) is 0. The van der Waals surface area contributed by atoms with E-state index in [1.807, 2.05) is 52.0 Å². The Morgan fingerprint density at radius 1 is 1.22 bits per heavy atom. The summed E-state index contributed by atoms with van der Waals surface area (Å²) in [6.45, 7) is 7.94. The monoisotopic (exact) mass is 249 g/mol. The van der Waals surface area contributed by atoms with E-state index in [1.54, 1.807) is 0 Å². The van der Waals surface area contributed by atoms with Gasteiger partial charge in [0.05, 0.1) is 6.10 Å². The molecule has 0 saturated carbocycles. The quantitative estimate of drug-likeness (QED) is 0.841. The molecule has 0 spiro atoms. The number of benzene rings is 1.